The molecule has 0 atom stereocenters. The number of nitrogens with zero attached hydrogens (tertiary/aromatic N) is 4. The third kappa shape index (κ3) is 4.16. The second-order valence-electron chi connectivity index (χ2n) is 5.18. The van der Waals surface area contributed by atoms with E-state index in [0.29, 0.717) is 15.9 Å². The van der Waals surface area contributed by atoms with Crippen LogP contribution in [0.15, 0.2) is 17.4 Å². The van der Waals surface area contributed by atoms with Gasteiger partial charge in [0.25, 0.3) is 0 Å². The van der Waals surface area contributed by atoms with Crippen LogP contribution in [0.1, 0.15) is 25.1 Å². The maximum absolute atomic E-state index is 12.1. The predicted molar refractivity (Wildman–Crippen MR) is 91.2 cm³/mol. The summed E-state index contributed by atoms with van der Waals surface area (Å²) in [5, 5.41) is 12.6. The number of rotatable bonds is 4. The molecule has 0 spiro atoms. The van der Waals surface area contributed by atoms with Crippen LogP contribution in [0.4, 0.5) is 5.82 Å². The van der Waals surface area contributed by atoms with Crippen LogP contribution in [0.2, 0.25) is 10.0 Å². The Bertz CT molecular complexity index is 721. The Kier molecular flexibility index (Phi) is 5.40. The highest BCUT2D eigenvalue weighted by molar-refractivity contribution is 7.99. The first kappa shape index (κ1) is 16.5. The molecule has 0 radical (unpaired) electrons. The number of aromatic nitrogens is 4. The fourth-order valence-corrected chi connectivity index (χ4v) is 3.58. The summed E-state index contributed by atoms with van der Waals surface area (Å²) in [6, 6.07) is 1.54. The molecule has 2 aromatic heterocycles. The van der Waals surface area contributed by atoms with Crippen LogP contribution < -0.4 is 5.32 Å². The van der Waals surface area contributed by atoms with Crippen LogP contribution in [0, 0.1) is 0 Å². The predicted octanol–water partition coefficient (Wildman–Crippen LogP) is 3.44. The Balaban J connectivity index is 1.60. The molecule has 0 saturated heterocycles. The van der Waals surface area contributed by atoms with Crippen LogP contribution in [-0.4, -0.2) is 31.4 Å². The Hall–Kier alpha value is -1.31. The third-order valence-electron chi connectivity index (χ3n) is 3.47. The highest BCUT2D eigenvalue weighted by atomic mass is 35.5. The largest absolute Gasteiger partial charge is 0.309 e. The van der Waals surface area contributed by atoms with E-state index in [1.807, 2.05) is 0 Å². The second-order valence-corrected chi connectivity index (χ2v) is 6.97. The molecule has 23 heavy (non-hydrogen) atoms. The number of fused-ring (bicyclic) bond motifs is 1. The molecule has 3 heterocycles. The lowest BCUT2D eigenvalue weighted by Crippen LogP contribution is -2.16. The number of amides is 1. The molecule has 1 amide bonds. The van der Waals surface area contributed by atoms with Crippen molar-refractivity contribution >= 4 is 46.7 Å². The van der Waals surface area contributed by atoms with Gasteiger partial charge in [-0.2, -0.15) is 0 Å². The first-order valence-corrected chi connectivity index (χ1v) is 9.03. The minimum atomic E-state index is -0.197. The average Bonchev–Trinajstić information content (AvgIpc) is 2.75. The fourth-order valence-electron chi connectivity index (χ4n) is 2.37. The summed E-state index contributed by atoms with van der Waals surface area (Å²) in [7, 11) is 0. The molecule has 0 bridgehead atoms. The van der Waals surface area contributed by atoms with Crippen molar-refractivity contribution in [3.63, 3.8) is 0 Å². The van der Waals surface area contributed by atoms with E-state index in [4.69, 9.17) is 23.2 Å². The number of carbonyl (C=O) groups excluding carboxylic acids is 1. The van der Waals surface area contributed by atoms with E-state index in [1.165, 1.54) is 30.4 Å². The zero-order valence-corrected chi connectivity index (χ0v) is 14.6. The van der Waals surface area contributed by atoms with Gasteiger partial charge in [-0.25, -0.2) is 4.98 Å². The van der Waals surface area contributed by atoms with Crippen molar-refractivity contribution in [2.75, 3.05) is 11.1 Å². The van der Waals surface area contributed by atoms with E-state index in [0.717, 1.165) is 36.8 Å². The van der Waals surface area contributed by atoms with Gasteiger partial charge in [-0.05, 0) is 18.9 Å². The van der Waals surface area contributed by atoms with E-state index < -0.39 is 0 Å². The van der Waals surface area contributed by atoms with Gasteiger partial charge < -0.3 is 9.88 Å². The van der Waals surface area contributed by atoms with Crippen LogP contribution in [0.25, 0.3) is 0 Å². The molecule has 0 fully saturated rings. The number of anilines is 1. The van der Waals surface area contributed by atoms with Crippen LogP contribution >= 0.6 is 35.0 Å². The maximum Gasteiger partial charge on any atom is 0.236 e. The molecule has 9 heteroatoms. The molecule has 1 N–H and O–H groups in total. The number of aryl methyl sites for hydroxylation is 1. The highest BCUT2D eigenvalue weighted by Gasteiger charge is 2.16. The number of carbonyl (C=O) groups is 1. The fraction of sp³-hybridized carbons (Fsp3) is 0.429. The van der Waals surface area contributed by atoms with Gasteiger partial charge in [0, 0.05) is 19.2 Å². The average molecular weight is 372 g/mol. The molecule has 1 aliphatic heterocycles. The molecule has 0 aliphatic carbocycles. The lowest BCUT2D eigenvalue weighted by Gasteiger charge is -2.07. The van der Waals surface area contributed by atoms with Crippen molar-refractivity contribution in [3.8, 4) is 0 Å². The minimum Gasteiger partial charge on any atom is -0.309 e. The summed E-state index contributed by atoms with van der Waals surface area (Å²) in [6.07, 6.45) is 5.85. The topological polar surface area (TPSA) is 72.7 Å². The number of hydrogen-bond donors (Lipinski definition) is 1. The van der Waals surface area contributed by atoms with Crippen LogP contribution in [0.3, 0.4) is 0 Å². The highest BCUT2D eigenvalue weighted by Crippen LogP contribution is 2.24. The normalized spacial score (nSPS) is 14.2. The number of pyridine rings is 1. The molecule has 1 aliphatic rings. The van der Waals surface area contributed by atoms with Crippen molar-refractivity contribution in [1.29, 1.82) is 0 Å². The van der Waals surface area contributed by atoms with Gasteiger partial charge in [-0.3, -0.25) is 4.79 Å². The van der Waals surface area contributed by atoms with E-state index in [-0.39, 0.29) is 11.7 Å². The van der Waals surface area contributed by atoms with Gasteiger partial charge in [0.05, 0.1) is 15.8 Å². The van der Waals surface area contributed by atoms with E-state index in [2.05, 4.69) is 25.1 Å². The van der Waals surface area contributed by atoms with Crippen molar-refractivity contribution in [2.45, 2.75) is 37.4 Å². The summed E-state index contributed by atoms with van der Waals surface area (Å²) >= 11 is 13.1. The molecule has 0 aromatic carbocycles. The summed E-state index contributed by atoms with van der Waals surface area (Å²) in [4.78, 5) is 16.1. The van der Waals surface area contributed by atoms with Gasteiger partial charge in [0.2, 0.25) is 5.91 Å². The van der Waals surface area contributed by atoms with Crippen molar-refractivity contribution < 1.29 is 4.79 Å². The van der Waals surface area contributed by atoms with Crippen LogP contribution in [-0.2, 0) is 17.8 Å². The van der Waals surface area contributed by atoms with Gasteiger partial charge in [0.1, 0.15) is 5.82 Å². The number of thioether (sulfide) groups is 1. The molecule has 2 aromatic rings. The molecule has 3 rings (SSSR count). The summed E-state index contributed by atoms with van der Waals surface area (Å²) in [5.41, 5.74) is 0. The SMILES string of the molecule is O=C(CSc1nnc2n1CCCCC2)Nc1ncc(Cl)cc1Cl. The van der Waals surface area contributed by atoms with E-state index in [9.17, 15) is 4.79 Å². The molecule has 6 nitrogen and oxygen atoms in total. The molecular formula is C14H15Cl2N5OS. The standard InChI is InChI=1S/C14H15Cl2N5OS/c15-9-6-10(16)13(17-7-9)18-12(22)8-23-14-20-19-11-4-2-1-3-5-21(11)14/h6-7H,1-5,8H2,(H,17,18,22). The third-order valence-corrected chi connectivity index (χ3v) is 4.94. The van der Waals surface area contributed by atoms with E-state index in [1.54, 1.807) is 0 Å². The van der Waals surface area contributed by atoms with E-state index >= 15 is 0 Å². The Morgan fingerprint density at radius 3 is 3.00 bits per heavy atom. The lowest BCUT2D eigenvalue weighted by molar-refractivity contribution is -0.113. The monoisotopic (exact) mass is 371 g/mol. The second kappa shape index (κ2) is 7.51. The Labute approximate surface area is 148 Å². The van der Waals surface area contributed by atoms with Crippen molar-refractivity contribution in [2.24, 2.45) is 0 Å². The molecule has 0 saturated carbocycles. The minimum absolute atomic E-state index is 0.197. The van der Waals surface area contributed by atoms with Gasteiger partial charge in [-0.15, -0.1) is 10.2 Å². The number of hydrogen-bond acceptors (Lipinski definition) is 5. The molecule has 0 unspecified atom stereocenters. The summed E-state index contributed by atoms with van der Waals surface area (Å²) < 4.78 is 2.11. The summed E-state index contributed by atoms with van der Waals surface area (Å²) in [5.74, 6) is 1.34. The van der Waals surface area contributed by atoms with Gasteiger partial charge in [-0.1, -0.05) is 41.4 Å². The number of nitrogens with one attached hydrogen (secondary N) is 1. The summed E-state index contributed by atoms with van der Waals surface area (Å²) in [6.45, 7) is 0.914. The zero-order valence-electron chi connectivity index (χ0n) is 12.3. The Morgan fingerprint density at radius 1 is 1.30 bits per heavy atom. The van der Waals surface area contributed by atoms with Crippen molar-refractivity contribution in [1.82, 2.24) is 19.7 Å². The first-order chi connectivity index (χ1) is 11.1. The molecular weight excluding hydrogens is 357 g/mol. The zero-order chi connectivity index (χ0) is 16.2. The van der Waals surface area contributed by atoms with Crippen molar-refractivity contribution in [3.05, 3.63) is 28.1 Å². The lowest BCUT2D eigenvalue weighted by atomic mass is 10.2. The van der Waals surface area contributed by atoms with Gasteiger partial charge in [0.15, 0.2) is 11.0 Å². The van der Waals surface area contributed by atoms with Gasteiger partial charge >= 0.3 is 0 Å². The first-order valence-electron chi connectivity index (χ1n) is 7.29. The quantitative estimate of drug-likeness (QED) is 0.833. The Morgan fingerprint density at radius 2 is 2.17 bits per heavy atom. The smallest absolute Gasteiger partial charge is 0.236 e. The maximum atomic E-state index is 12.1. The molecule has 122 valence electrons. The number of halogens is 2. The van der Waals surface area contributed by atoms with Crippen LogP contribution in [0.5, 0.6) is 0 Å².